The molecule has 5 nitrogen and oxygen atoms in total. The third-order valence-corrected chi connectivity index (χ3v) is 5.23. The van der Waals surface area contributed by atoms with Gasteiger partial charge in [-0.2, -0.15) is 0 Å². The Labute approximate surface area is 137 Å². The van der Waals surface area contributed by atoms with Crippen molar-refractivity contribution in [2.45, 2.75) is 38.1 Å². The van der Waals surface area contributed by atoms with Gasteiger partial charge in [0, 0.05) is 44.6 Å². The van der Waals surface area contributed by atoms with Gasteiger partial charge in [-0.1, -0.05) is 6.07 Å². The summed E-state index contributed by atoms with van der Waals surface area (Å²) in [4.78, 5) is 17.0. The van der Waals surface area contributed by atoms with E-state index in [1.165, 1.54) is 24.1 Å². The third kappa shape index (κ3) is 3.02. The molecule has 1 N–H and O–H groups in total. The molecule has 5 heteroatoms. The molecule has 2 fully saturated rings. The van der Waals surface area contributed by atoms with E-state index < -0.39 is 0 Å². The van der Waals surface area contributed by atoms with Crippen molar-refractivity contribution in [1.29, 1.82) is 0 Å². The lowest BCUT2D eigenvalue weighted by Gasteiger charge is -2.27. The summed E-state index contributed by atoms with van der Waals surface area (Å²) in [5.41, 5.74) is 3.64. The Morgan fingerprint density at radius 3 is 2.70 bits per heavy atom. The Hall–Kier alpha value is -1.75. The first-order valence-electron chi connectivity index (χ1n) is 8.85. The predicted octanol–water partition coefficient (Wildman–Crippen LogP) is 2.54. The van der Waals surface area contributed by atoms with Crippen molar-refractivity contribution in [3.63, 3.8) is 0 Å². The third-order valence-electron chi connectivity index (χ3n) is 5.23. The van der Waals surface area contributed by atoms with Crippen LogP contribution in [0.15, 0.2) is 18.2 Å². The number of carbonyl (C=O) groups excluding carboxylic acids is 1. The fourth-order valence-corrected chi connectivity index (χ4v) is 3.85. The van der Waals surface area contributed by atoms with Crippen LogP contribution in [0.25, 0.3) is 0 Å². The molecular weight excluding hydrogens is 290 g/mol. The molecule has 0 atom stereocenters. The van der Waals surface area contributed by atoms with Gasteiger partial charge >= 0.3 is 6.03 Å². The molecule has 2 saturated heterocycles. The zero-order chi connectivity index (χ0) is 15.6. The van der Waals surface area contributed by atoms with Gasteiger partial charge in [0.05, 0.1) is 5.69 Å². The molecule has 1 aromatic rings. The number of nitrogens with zero attached hydrogens (tertiary/aromatic N) is 2. The molecule has 0 aliphatic carbocycles. The van der Waals surface area contributed by atoms with Crippen LogP contribution in [0.3, 0.4) is 0 Å². The van der Waals surface area contributed by atoms with E-state index in [0.29, 0.717) is 0 Å². The van der Waals surface area contributed by atoms with Crippen LogP contribution in [-0.4, -0.2) is 44.9 Å². The van der Waals surface area contributed by atoms with Crippen LogP contribution in [0, 0.1) is 0 Å². The SMILES string of the molecule is O=C(NC1CCOCC1)N1CCc2ccc(N3CCCC3)cc21. The van der Waals surface area contributed by atoms with Crippen molar-refractivity contribution in [2.75, 3.05) is 42.6 Å². The number of nitrogens with one attached hydrogen (secondary N) is 1. The lowest BCUT2D eigenvalue weighted by atomic mass is 10.1. The summed E-state index contributed by atoms with van der Waals surface area (Å²) in [6.45, 7) is 4.55. The highest BCUT2D eigenvalue weighted by molar-refractivity contribution is 5.95. The minimum Gasteiger partial charge on any atom is -0.381 e. The molecule has 3 heterocycles. The maximum atomic E-state index is 12.7. The number of rotatable bonds is 2. The standard InChI is InChI=1S/C18H25N3O2/c22-18(19-15-6-11-23-12-7-15)21-10-5-14-3-4-16(13-17(14)21)20-8-1-2-9-20/h3-4,13,15H,1-2,5-12H2,(H,19,22). The zero-order valence-electron chi connectivity index (χ0n) is 13.6. The number of hydrogen-bond donors (Lipinski definition) is 1. The van der Waals surface area contributed by atoms with Crippen molar-refractivity contribution < 1.29 is 9.53 Å². The second kappa shape index (κ2) is 6.40. The molecule has 0 bridgehead atoms. The number of fused-ring (bicyclic) bond motifs is 1. The minimum atomic E-state index is 0.0502. The van der Waals surface area contributed by atoms with Gasteiger partial charge in [-0.25, -0.2) is 4.79 Å². The number of benzene rings is 1. The predicted molar refractivity (Wildman–Crippen MR) is 91.3 cm³/mol. The Kier molecular flexibility index (Phi) is 4.12. The van der Waals surface area contributed by atoms with E-state index >= 15 is 0 Å². The Bertz CT molecular complexity index is 578. The molecule has 23 heavy (non-hydrogen) atoms. The van der Waals surface area contributed by atoms with Gasteiger partial charge < -0.3 is 15.0 Å². The second-order valence-corrected chi connectivity index (χ2v) is 6.74. The summed E-state index contributed by atoms with van der Waals surface area (Å²) in [6, 6.07) is 6.92. The molecule has 3 aliphatic rings. The summed E-state index contributed by atoms with van der Waals surface area (Å²) in [7, 11) is 0. The number of carbonyl (C=O) groups is 1. The van der Waals surface area contributed by atoms with Crippen LogP contribution in [0.4, 0.5) is 16.2 Å². The van der Waals surface area contributed by atoms with Gasteiger partial charge in [0.2, 0.25) is 0 Å². The lowest BCUT2D eigenvalue weighted by Crippen LogP contribution is -2.46. The van der Waals surface area contributed by atoms with Gasteiger partial charge in [-0.3, -0.25) is 4.90 Å². The largest absolute Gasteiger partial charge is 0.381 e. The molecular formula is C18H25N3O2. The van der Waals surface area contributed by atoms with Crippen molar-refractivity contribution >= 4 is 17.4 Å². The quantitative estimate of drug-likeness (QED) is 0.912. The fourth-order valence-electron chi connectivity index (χ4n) is 3.85. The number of amides is 2. The van der Waals surface area contributed by atoms with Crippen LogP contribution in [0.1, 0.15) is 31.2 Å². The van der Waals surface area contributed by atoms with Crippen LogP contribution in [0.2, 0.25) is 0 Å². The van der Waals surface area contributed by atoms with Crippen LogP contribution < -0.4 is 15.1 Å². The zero-order valence-corrected chi connectivity index (χ0v) is 13.6. The average Bonchev–Trinajstić information content (AvgIpc) is 3.25. The van der Waals surface area contributed by atoms with E-state index in [2.05, 4.69) is 28.4 Å². The first kappa shape index (κ1) is 14.8. The number of anilines is 2. The molecule has 1 aromatic carbocycles. The Balaban J connectivity index is 1.49. The highest BCUT2D eigenvalue weighted by Crippen LogP contribution is 2.33. The monoisotopic (exact) mass is 315 g/mol. The van der Waals surface area contributed by atoms with E-state index in [9.17, 15) is 4.79 Å². The summed E-state index contributed by atoms with van der Waals surface area (Å²) >= 11 is 0. The van der Waals surface area contributed by atoms with E-state index in [1.54, 1.807) is 0 Å². The smallest absolute Gasteiger partial charge is 0.322 e. The Morgan fingerprint density at radius 2 is 1.91 bits per heavy atom. The summed E-state index contributed by atoms with van der Waals surface area (Å²) in [5.74, 6) is 0. The van der Waals surface area contributed by atoms with Gasteiger partial charge in [0.25, 0.3) is 0 Å². The van der Waals surface area contributed by atoms with Crippen molar-refractivity contribution in [1.82, 2.24) is 5.32 Å². The van der Waals surface area contributed by atoms with Crippen molar-refractivity contribution in [2.24, 2.45) is 0 Å². The summed E-state index contributed by atoms with van der Waals surface area (Å²) < 4.78 is 5.37. The van der Waals surface area contributed by atoms with Crippen molar-refractivity contribution in [3.05, 3.63) is 23.8 Å². The topological polar surface area (TPSA) is 44.8 Å². The first-order chi connectivity index (χ1) is 11.3. The molecule has 2 amide bonds. The molecule has 0 radical (unpaired) electrons. The van der Waals surface area contributed by atoms with Crippen molar-refractivity contribution in [3.8, 4) is 0 Å². The molecule has 0 saturated carbocycles. The normalized spacial score (nSPS) is 21.6. The van der Waals surface area contributed by atoms with E-state index in [0.717, 1.165) is 57.8 Å². The molecule has 124 valence electrons. The second-order valence-electron chi connectivity index (χ2n) is 6.74. The summed E-state index contributed by atoms with van der Waals surface area (Å²) in [6.07, 6.45) is 5.33. The highest BCUT2D eigenvalue weighted by atomic mass is 16.5. The Morgan fingerprint density at radius 1 is 1.13 bits per heavy atom. The maximum Gasteiger partial charge on any atom is 0.322 e. The molecule has 0 spiro atoms. The van der Waals surface area contributed by atoms with E-state index in [4.69, 9.17) is 4.74 Å². The van der Waals surface area contributed by atoms with Crippen LogP contribution in [-0.2, 0) is 11.2 Å². The van der Waals surface area contributed by atoms with Gasteiger partial charge in [-0.15, -0.1) is 0 Å². The molecule has 3 aliphatic heterocycles. The average molecular weight is 315 g/mol. The summed E-state index contributed by atoms with van der Waals surface area (Å²) in [5, 5.41) is 3.18. The van der Waals surface area contributed by atoms with E-state index in [1.807, 2.05) is 4.90 Å². The first-order valence-corrected chi connectivity index (χ1v) is 8.85. The van der Waals surface area contributed by atoms with Crippen LogP contribution in [0.5, 0.6) is 0 Å². The van der Waals surface area contributed by atoms with Gasteiger partial charge in [0.1, 0.15) is 0 Å². The minimum absolute atomic E-state index is 0.0502. The molecule has 0 aromatic heterocycles. The number of ether oxygens (including phenoxy) is 1. The highest BCUT2D eigenvalue weighted by Gasteiger charge is 2.28. The number of urea groups is 1. The number of hydrogen-bond acceptors (Lipinski definition) is 3. The lowest BCUT2D eigenvalue weighted by molar-refractivity contribution is 0.0804. The fraction of sp³-hybridized carbons (Fsp3) is 0.611. The van der Waals surface area contributed by atoms with Gasteiger partial charge in [0.15, 0.2) is 0 Å². The van der Waals surface area contributed by atoms with Gasteiger partial charge in [-0.05, 0) is 49.8 Å². The molecule has 0 unspecified atom stereocenters. The maximum absolute atomic E-state index is 12.7. The van der Waals surface area contributed by atoms with E-state index in [-0.39, 0.29) is 12.1 Å². The molecule has 4 rings (SSSR count). The van der Waals surface area contributed by atoms with Crippen LogP contribution >= 0.6 is 0 Å².